The van der Waals surface area contributed by atoms with Crippen molar-refractivity contribution < 1.29 is 13.5 Å². The third kappa shape index (κ3) is 2.92. The summed E-state index contributed by atoms with van der Waals surface area (Å²) in [5.41, 5.74) is 1.21. The lowest BCUT2D eigenvalue weighted by atomic mass is 10.2. The first-order chi connectivity index (χ1) is 10.1. The maximum Gasteiger partial charge on any atom is 0.387 e. The molecule has 0 unspecified atom stereocenters. The van der Waals surface area contributed by atoms with E-state index in [0.717, 1.165) is 0 Å². The Labute approximate surface area is 122 Å². The van der Waals surface area contributed by atoms with Crippen molar-refractivity contribution in [3.05, 3.63) is 58.0 Å². The fourth-order valence-electron chi connectivity index (χ4n) is 2.01. The van der Waals surface area contributed by atoms with E-state index in [1.807, 2.05) is 0 Å². The lowest BCUT2D eigenvalue weighted by Gasteiger charge is -2.08. The fourth-order valence-corrected chi connectivity index (χ4v) is 2.80. The second-order valence-electron chi connectivity index (χ2n) is 4.34. The summed E-state index contributed by atoms with van der Waals surface area (Å²) in [4.78, 5) is 16.4. The van der Waals surface area contributed by atoms with Gasteiger partial charge in [-0.1, -0.05) is 12.1 Å². The van der Waals surface area contributed by atoms with E-state index in [4.69, 9.17) is 0 Å². The number of halogens is 2. The molecule has 0 saturated carbocycles. The molecule has 21 heavy (non-hydrogen) atoms. The zero-order valence-electron chi connectivity index (χ0n) is 10.7. The second-order valence-corrected chi connectivity index (χ2v) is 5.25. The molecule has 4 nitrogen and oxygen atoms in total. The van der Waals surface area contributed by atoms with Crippen LogP contribution in [0.4, 0.5) is 8.78 Å². The Morgan fingerprint density at radius 2 is 2.19 bits per heavy atom. The third-order valence-electron chi connectivity index (χ3n) is 2.91. The maximum absolute atomic E-state index is 12.2. The first-order valence-electron chi connectivity index (χ1n) is 6.10. The molecular weight excluding hydrogens is 298 g/mol. The Morgan fingerprint density at radius 3 is 3.00 bits per heavy atom. The summed E-state index contributed by atoms with van der Waals surface area (Å²) in [6, 6.07) is 8.05. The summed E-state index contributed by atoms with van der Waals surface area (Å²) in [7, 11) is 0. The van der Waals surface area contributed by atoms with Crippen LogP contribution in [0.5, 0.6) is 5.75 Å². The zero-order chi connectivity index (χ0) is 14.8. The van der Waals surface area contributed by atoms with Gasteiger partial charge in [-0.2, -0.15) is 8.78 Å². The standard InChI is InChI=1S/C14H10F2N2O2S/c15-14(16)20-10-3-1-2-9(6-10)7-18-8-17-11-4-5-21-12(11)13(18)19/h1-6,8,14H,7H2. The Hall–Kier alpha value is -2.28. The van der Waals surface area contributed by atoms with E-state index < -0.39 is 6.61 Å². The molecule has 3 aromatic rings. The molecule has 0 saturated heterocycles. The van der Waals surface area contributed by atoms with E-state index >= 15 is 0 Å². The van der Waals surface area contributed by atoms with Gasteiger partial charge in [0.25, 0.3) is 5.56 Å². The number of hydrogen-bond acceptors (Lipinski definition) is 4. The lowest BCUT2D eigenvalue weighted by Crippen LogP contribution is -2.20. The normalized spacial score (nSPS) is 11.2. The van der Waals surface area contributed by atoms with E-state index in [1.54, 1.807) is 23.6 Å². The Bertz CT molecular complexity index is 829. The van der Waals surface area contributed by atoms with Crippen molar-refractivity contribution in [2.75, 3.05) is 0 Å². The summed E-state index contributed by atoms with van der Waals surface area (Å²) < 4.78 is 30.8. The number of nitrogens with zero attached hydrogens (tertiary/aromatic N) is 2. The molecule has 0 amide bonds. The third-order valence-corrected chi connectivity index (χ3v) is 3.80. The van der Waals surface area contributed by atoms with E-state index in [0.29, 0.717) is 15.8 Å². The van der Waals surface area contributed by atoms with Gasteiger partial charge in [-0.05, 0) is 29.1 Å². The van der Waals surface area contributed by atoms with Crippen molar-refractivity contribution in [2.24, 2.45) is 0 Å². The van der Waals surface area contributed by atoms with Gasteiger partial charge in [-0.15, -0.1) is 11.3 Å². The van der Waals surface area contributed by atoms with Gasteiger partial charge in [0.05, 0.1) is 18.4 Å². The quantitative estimate of drug-likeness (QED) is 0.744. The minimum absolute atomic E-state index is 0.0701. The summed E-state index contributed by atoms with van der Waals surface area (Å²) in [5.74, 6) is 0.0701. The monoisotopic (exact) mass is 308 g/mol. The van der Waals surface area contributed by atoms with Gasteiger partial charge < -0.3 is 4.74 Å². The molecule has 2 aromatic heterocycles. The van der Waals surface area contributed by atoms with E-state index in [2.05, 4.69) is 9.72 Å². The van der Waals surface area contributed by atoms with E-state index in [9.17, 15) is 13.6 Å². The maximum atomic E-state index is 12.2. The highest BCUT2D eigenvalue weighted by atomic mass is 32.1. The molecule has 3 rings (SSSR count). The average Bonchev–Trinajstić information content (AvgIpc) is 2.91. The van der Waals surface area contributed by atoms with Gasteiger partial charge in [0.15, 0.2) is 0 Å². The average molecular weight is 308 g/mol. The number of ether oxygens (including phenoxy) is 1. The van der Waals surface area contributed by atoms with Crippen molar-refractivity contribution in [2.45, 2.75) is 13.2 Å². The predicted octanol–water partition coefficient (Wildman–Crippen LogP) is 3.11. The molecule has 0 radical (unpaired) electrons. The molecule has 0 aliphatic rings. The Morgan fingerprint density at radius 1 is 1.33 bits per heavy atom. The smallest absolute Gasteiger partial charge is 0.387 e. The van der Waals surface area contributed by atoms with Gasteiger partial charge in [0, 0.05) is 0 Å². The van der Waals surface area contributed by atoms with Gasteiger partial charge in [0.1, 0.15) is 10.4 Å². The van der Waals surface area contributed by atoms with Crippen LogP contribution in [0.2, 0.25) is 0 Å². The first kappa shape index (κ1) is 13.7. The molecule has 0 aliphatic heterocycles. The number of benzene rings is 1. The largest absolute Gasteiger partial charge is 0.435 e. The molecule has 0 atom stereocenters. The van der Waals surface area contributed by atoms with Gasteiger partial charge in [0.2, 0.25) is 0 Å². The number of rotatable bonds is 4. The minimum atomic E-state index is -2.87. The van der Waals surface area contributed by atoms with Crippen LogP contribution in [0.15, 0.2) is 46.8 Å². The lowest BCUT2D eigenvalue weighted by molar-refractivity contribution is -0.0498. The van der Waals surface area contributed by atoms with E-state index in [1.165, 1.54) is 34.4 Å². The summed E-state index contributed by atoms with van der Waals surface area (Å²) >= 11 is 1.33. The topological polar surface area (TPSA) is 44.1 Å². The van der Waals surface area contributed by atoms with Crippen molar-refractivity contribution in [3.8, 4) is 5.75 Å². The highest BCUT2D eigenvalue weighted by Crippen LogP contribution is 2.17. The predicted molar refractivity (Wildman–Crippen MR) is 76.1 cm³/mol. The molecule has 0 aliphatic carbocycles. The van der Waals surface area contributed by atoms with Crippen molar-refractivity contribution in [1.82, 2.24) is 9.55 Å². The molecule has 0 spiro atoms. The highest BCUT2D eigenvalue weighted by molar-refractivity contribution is 7.17. The Balaban J connectivity index is 1.91. The van der Waals surface area contributed by atoms with Gasteiger partial charge in [-0.3, -0.25) is 9.36 Å². The second kappa shape index (κ2) is 5.61. The van der Waals surface area contributed by atoms with Crippen LogP contribution in [0.3, 0.4) is 0 Å². The minimum Gasteiger partial charge on any atom is -0.435 e. The number of aromatic nitrogens is 2. The summed E-state index contributed by atoms with van der Waals surface area (Å²) in [5, 5.41) is 1.81. The Kier molecular flexibility index (Phi) is 3.66. The van der Waals surface area contributed by atoms with Crippen molar-refractivity contribution in [1.29, 1.82) is 0 Å². The van der Waals surface area contributed by atoms with Crippen molar-refractivity contribution >= 4 is 21.6 Å². The van der Waals surface area contributed by atoms with Crippen LogP contribution in [-0.4, -0.2) is 16.2 Å². The van der Waals surface area contributed by atoms with Crippen LogP contribution >= 0.6 is 11.3 Å². The molecule has 0 N–H and O–H groups in total. The number of hydrogen-bond donors (Lipinski definition) is 0. The van der Waals surface area contributed by atoms with Crippen LogP contribution < -0.4 is 10.3 Å². The molecule has 1 aromatic carbocycles. The summed E-state index contributed by atoms with van der Waals surface area (Å²) in [6.45, 7) is -2.62. The SMILES string of the molecule is O=c1c2sccc2ncn1Cc1cccc(OC(F)F)c1. The van der Waals surface area contributed by atoms with E-state index in [-0.39, 0.29) is 17.9 Å². The molecule has 0 fully saturated rings. The van der Waals surface area contributed by atoms with Crippen LogP contribution in [0.25, 0.3) is 10.2 Å². The van der Waals surface area contributed by atoms with Crippen LogP contribution in [0.1, 0.15) is 5.56 Å². The number of alkyl halides is 2. The number of thiophene rings is 1. The molecular formula is C14H10F2N2O2S. The van der Waals surface area contributed by atoms with Crippen molar-refractivity contribution in [3.63, 3.8) is 0 Å². The molecule has 0 bridgehead atoms. The highest BCUT2D eigenvalue weighted by Gasteiger charge is 2.08. The van der Waals surface area contributed by atoms with Crippen LogP contribution in [-0.2, 0) is 6.54 Å². The molecule has 108 valence electrons. The van der Waals surface area contributed by atoms with Crippen LogP contribution in [0, 0.1) is 0 Å². The first-order valence-corrected chi connectivity index (χ1v) is 6.98. The molecule has 7 heteroatoms. The zero-order valence-corrected chi connectivity index (χ0v) is 11.5. The van der Waals surface area contributed by atoms with Gasteiger partial charge >= 0.3 is 6.61 Å². The number of fused-ring (bicyclic) bond motifs is 1. The molecule has 2 heterocycles. The van der Waals surface area contributed by atoms with Gasteiger partial charge in [-0.25, -0.2) is 4.98 Å². The fraction of sp³-hybridized carbons (Fsp3) is 0.143. The summed E-state index contributed by atoms with van der Waals surface area (Å²) in [6.07, 6.45) is 1.46.